The van der Waals surface area contributed by atoms with Gasteiger partial charge in [-0.15, -0.1) is 24.8 Å². The van der Waals surface area contributed by atoms with Crippen molar-refractivity contribution in [2.24, 2.45) is 0 Å². The van der Waals surface area contributed by atoms with Crippen molar-refractivity contribution in [3.8, 4) is 0 Å². The number of nitrogens with one attached hydrogen (secondary N) is 2. The lowest BCUT2D eigenvalue weighted by molar-refractivity contribution is 0.131. The van der Waals surface area contributed by atoms with Crippen molar-refractivity contribution < 1.29 is 4.39 Å². The van der Waals surface area contributed by atoms with Crippen LogP contribution in [0.15, 0.2) is 6.07 Å². The van der Waals surface area contributed by atoms with Gasteiger partial charge in [-0.25, -0.2) is 14.4 Å². The van der Waals surface area contributed by atoms with Crippen LogP contribution >= 0.6 is 24.8 Å². The molecule has 110 valence electrons. The fourth-order valence-electron chi connectivity index (χ4n) is 2.11. The van der Waals surface area contributed by atoms with Crippen molar-refractivity contribution in [2.45, 2.75) is 32.4 Å². The van der Waals surface area contributed by atoms with E-state index >= 15 is 0 Å². The highest BCUT2D eigenvalue weighted by atomic mass is 35.5. The van der Waals surface area contributed by atoms with Gasteiger partial charge in [0.2, 0.25) is 0 Å². The molecule has 0 saturated carbocycles. The predicted molar refractivity (Wildman–Crippen MR) is 80.4 cm³/mol. The zero-order valence-corrected chi connectivity index (χ0v) is 12.8. The maximum atomic E-state index is 14.3. The Morgan fingerprint density at radius 2 is 1.89 bits per heavy atom. The van der Waals surface area contributed by atoms with E-state index < -0.39 is 5.67 Å². The monoisotopic (exact) mass is 310 g/mol. The normalized spacial score (nSPS) is 17.0. The molecule has 1 saturated heterocycles. The van der Waals surface area contributed by atoms with E-state index in [0.29, 0.717) is 31.0 Å². The van der Waals surface area contributed by atoms with E-state index in [4.69, 9.17) is 0 Å². The summed E-state index contributed by atoms with van der Waals surface area (Å²) in [7, 11) is 0. The molecule has 0 radical (unpaired) electrons. The third-order valence-corrected chi connectivity index (χ3v) is 3.05. The molecule has 0 bridgehead atoms. The Labute approximate surface area is 125 Å². The second kappa shape index (κ2) is 7.82. The number of halogens is 3. The molecule has 1 aliphatic rings. The number of hydrogen-bond acceptors (Lipinski definition) is 4. The first-order valence-corrected chi connectivity index (χ1v) is 6.03. The summed E-state index contributed by atoms with van der Waals surface area (Å²) in [4.78, 5) is 8.44. The number of anilines is 1. The molecule has 0 aromatic carbocycles. The van der Waals surface area contributed by atoms with Gasteiger partial charge >= 0.3 is 0 Å². The Kier molecular flexibility index (Phi) is 7.55. The van der Waals surface area contributed by atoms with E-state index in [-0.39, 0.29) is 24.8 Å². The summed E-state index contributed by atoms with van der Waals surface area (Å²) in [5, 5.41) is 6.25. The highest BCUT2D eigenvalue weighted by molar-refractivity contribution is 5.85. The molecule has 1 fully saturated rings. The molecule has 0 aliphatic carbocycles. The molecule has 1 aromatic heterocycles. The number of piperidine rings is 1. The summed E-state index contributed by atoms with van der Waals surface area (Å²) in [5.74, 6) is 1.43. The molecule has 19 heavy (non-hydrogen) atoms. The SMILES string of the molecule is Cc1cc(NCC2(F)CCNCC2)nc(C)n1.Cl.Cl. The maximum absolute atomic E-state index is 14.3. The molecule has 0 atom stereocenters. The molecule has 2 heterocycles. The number of nitrogens with zero attached hydrogens (tertiary/aromatic N) is 2. The molecule has 1 aromatic rings. The summed E-state index contributed by atoms with van der Waals surface area (Å²) in [6, 6.07) is 1.84. The highest BCUT2D eigenvalue weighted by Gasteiger charge is 2.31. The van der Waals surface area contributed by atoms with Crippen LogP contribution in [0.1, 0.15) is 24.4 Å². The molecular formula is C12H21Cl2FN4. The lowest BCUT2D eigenvalue weighted by atomic mass is 9.94. The smallest absolute Gasteiger partial charge is 0.130 e. The van der Waals surface area contributed by atoms with Gasteiger partial charge in [-0.05, 0) is 39.8 Å². The summed E-state index contributed by atoms with van der Waals surface area (Å²) in [6.45, 7) is 5.58. The van der Waals surface area contributed by atoms with Gasteiger partial charge in [0, 0.05) is 11.8 Å². The first-order valence-electron chi connectivity index (χ1n) is 6.03. The minimum absolute atomic E-state index is 0. The number of aromatic nitrogens is 2. The Morgan fingerprint density at radius 1 is 1.26 bits per heavy atom. The van der Waals surface area contributed by atoms with Crippen molar-refractivity contribution in [3.05, 3.63) is 17.6 Å². The van der Waals surface area contributed by atoms with Crippen molar-refractivity contribution >= 4 is 30.6 Å². The third-order valence-electron chi connectivity index (χ3n) is 3.05. The molecular weight excluding hydrogens is 290 g/mol. The lowest BCUT2D eigenvalue weighted by Crippen LogP contribution is -2.43. The van der Waals surface area contributed by atoms with Crippen LogP contribution in [0.5, 0.6) is 0 Å². The Bertz CT molecular complexity index is 377. The van der Waals surface area contributed by atoms with Crippen LogP contribution in [0.2, 0.25) is 0 Å². The van der Waals surface area contributed by atoms with Crippen molar-refractivity contribution in [1.82, 2.24) is 15.3 Å². The van der Waals surface area contributed by atoms with Crippen LogP contribution in [0.3, 0.4) is 0 Å². The number of hydrogen-bond donors (Lipinski definition) is 2. The Hall–Kier alpha value is -0.650. The Morgan fingerprint density at radius 3 is 2.47 bits per heavy atom. The summed E-state index contributed by atoms with van der Waals surface area (Å²) >= 11 is 0. The summed E-state index contributed by atoms with van der Waals surface area (Å²) in [6.07, 6.45) is 1.12. The van der Waals surface area contributed by atoms with E-state index in [1.54, 1.807) is 0 Å². The highest BCUT2D eigenvalue weighted by Crippen LogP contribution is 2.23. The minimum atomic E-state index is -1.11. The summed E-state index contributed by atoms with van der Waals surface area (Å²) < 4.78 is 14.3. The van der Waals surface area contributed by atoms with E-state index in [1.807, 2.05) is 19.9 Å². The van der Waals surface area contributed by atoms with Gasteiger partial charge in [0.15, 0.2) is 0 Å². The van der Waals surface area contributed by atoms with Crippen molar-refractivity contribution in [1.29, 1.82) is 0 Å². The molecule has 2 rings (SSSR count). The molecule has 1 aliphatic heterocycles. The fourth-order valence-corrected chi connectivity index (χ4v) is 2.11. The van der Waals surface area contributed by atoms with Gasteiger partial charge in [-0.1, -0.05) is 0 Å². The van der Waals surface area contributed by atoms with Gasteiger partial charge in [-0.2, -0.15) is 0 Å². The van der Waals surface area contributed by atoms with Gasteiger partial charge in [0.25, 0.3) is 0 Å². The quantitative estimate of drug-likeness (QED) is 0.900. The van der Waals surface area contributed by atoms with Crippen LogP contribution in [-0.4, -0.2) is 35.3 Å². The van der Waals surface area contributed by atoms with Crippen molar-refractivity contribution in [2.75, 3.05) is 25.0 Å². The molecule has 0 unspecified atom stereocenters. The zero-order valence-electron chi connectivity index (χ0n) is 11.2. The third kappa shape index (κ3) is 5.47. The van der Waals surface area contributed by atoms with Crippen molar-refractivity contribution in [3.63, 3.8) is 0 Å². The summed E-state index contributed by atoms with van der Waals surface area (Å²) in [5.41, 5.74) is -0.212. The molecule has 4 nitrogen and oxygen atoms in total. The average molecular weight is 311 g/mol. The standard InChI is InChI=1S/C12H19FN4.2ClH/c1-9-7-11(17-10(2)16-9)15-8-12(13)3-5-14-6-4-12;;/h7,14H,3-6,8H2,1-2H3,(H,15,16,17);2*1H. The van der Waals surface area contributed by atoms with Gasteiger partial charge in [0.05, 0.1) is 6.54 Å². The van der Waals surface area contributed by atoms with E-state index in [9.17, 15) is 4.39 Å². The van der Waals surface area contributed by atoms with Crippen LogP contribution in [0, 0.1) is 13.8 Å². The predicted octanol–water partition coefficient (Wildman–Crippen LogP) is 2.44. The van der Waals surface area contributed by atoms with E-state index in [2.05, 4.69) is 20.6 Å². The van der Waals surface area contributed by atoms with Crippen LogP contribution in [0.4, 0.5) is 10.2 Å². The molecule has 2 N–H and O–H groups in total. The Balaban J connectivity index is 0.00000162. The first-order chi connectivity index (χ1) is 8.07. The largest absolute Gasteiger partial charge is 0.367 e. The van der Waals surface area contributed by atoms with Gasteiger partial charge < -0.3 is 10.6 Å². The second-order valence-electron chi connectivity index (χ2n) is 4.70. The number of alkyl halides is 1. The topological polar surface area (TPSA) is 49.8 Å². The fraction of sp³-hybridized carbons (Fsp3) is 0.667. The minimum Gasteiger partial charge on any atom is -0.367 e. The zero-order chi connectivity index (χ0) is 12.3. The number of aryl methyl sites for hydroxylation is 2. The van der Waals surface area contributed by atoms with E-state index in [0.717, 1.165) is 18.8 Å². The first kappa shape index (κ1) is 18.4. The van der Waals surface area contributed by atoms with Gasteiger partial charge in [0.1, 0.15) is 17.3 Å². The maximum Gasteiger partial charge on any atom is 0.130 e. The van der Waals surface area contributed by atoms with Gasteiger partial charge in [-0.3, -0.25) is 0 Å². The van der Waals surface area contributed by atoms with Crippen LogP contribution in [-0.2, 0) is 0 Å². The van der Waals surface area contributed by atoms with Crippen LogP contribution < -0.4 is 10.6 Å². The molecule has 0 amide bonds. The molecule has 0 spiro atoms. The second-order valence-corrected chi connectivity index (χ2v) is 4.70. The number of rotatable bonds is 3. The van der Waals surface area contributed by atoms with Crippen LogP contribution in [0.25, 0.3) is 0 Å². The average Bonchev–Trinajstić information content (AvgIpc) is 2.26. The van der Waals surface area contributed by atoms with E-state index in [1.165, 1.54) is 0 Å². The molecule has 7 heteroatoms. The lowest BCUT2D eigenvalue weighted by Gasteiger charge is -2.30.